The minimum Gasteiger partial charge on any atom is -0.462 e. The van der Waals surface area contributed by atoms with Crippen molar-refractivity contribution in [3.8, 4) is 0 Å². The summed E-state index contributed by atoms with van der Waals surface area (Å²) in [5.41, 5.74) is 1.41. The van der Waals surface area contributed by atoms with Gasteiger partial charge in [-0.1, -0.05) is 6.42 Å². The Balaban J connectivity index is 1.76. The first-order valence-electron chi connectivity index (χ1n) is 7.09. The first kappa shape index (κ1) is 12.9. The third kappa shape index (κ3) is 2.36. The predicted octanol–water partition coefficient (Wildman–Crippen LogP) is 3.23. The molecule has 5 heteroatoms. The van der Waals surface area contributed by atoms with E-state index in [0.717, 1.165) is 22.5 Å². The van der Waals surface area contributed by atoms with Crippen LogP contribution < -0.4 is 5.32 Å². The van der Waals surface area contributed by atoms with Gasteiger partial charge in [0.05, 0.1) is 12.3 Å². The Kier molecular flexibility index (Phi) is 3.48. The van der Waals surface area contributed by atoms with Crippen molar-refractivity contribution in [1.82, 2.24) is 4.37 Å². The van der Waals surface area contributed by atoms with Crippen molar-refractivity contribution in [1.29, 1.82) is 0 Å². The van der Waals surface area contributed by atoms with E-state index in [0.29, 0.717) is 18.2 Å². The highest BCUT2D eigenvalue weighted by molar-refractivity contribution is 7.10. The highest BCUT2D eigenvalue weighted by atomic mass is 32.1. The number of hydrogen-bond acceptors (Lipinski definition) is 5. The zero-order valence-electron chi connectivity index (χ0n) is 11.4. The Bertz CT molecular complexity index is 486. The molecule has 0 amide bonds. The van der Waals surface area contributed by atoms with E-state index >= 15 is 0 Å². The summed E-state index contributed by atoms with van der Waals surface area (Å²) in [6.45, 7) is 4.10. The van der Waals surface area contributed by atoms with E-state index < -0.39 is 0 Å². The van der Waals surface area contributed by atoms with Crippen LogP contribution in [0.5, 0.6) is 0 Å². The smallest absolute Gasteiger partial charge is 0.343 e. The Morgan fingerprint density at radius 2 is 2.32 bits per heavy atom. The van der Waals surface area contributed by atoms with Crippen molar-refractivity contribution in [2.75, 3.05) is 11.9 Å². The molecule has 0 radical (unpaired) electrons. The molecule has 3 rings (SSSR count). The molecule has 104 valence electrons. The number of esters is 1. The number of ether oxygens (including phenoxy) is 1. The van der Waals surface area contributed by atoms with Gasteiger partial charge in [-0.3, -0.25) is 0 Å². The van der Waals surface area contributed by atoms with Crippen molar-refractivity contribution in [3.63, 3.8) is 0 Å². The van der Waals surface area contributed by atoms with Crippen molar-refractivity contribution in [3.05, 3.63) is 11.3 Å². The summed E-state index contributed by atoms with van der Waals surface area (Å²) >= 11 is 1.38. The lowest BCUT2D eigenvalue weighted by Crippen LogP contribution is -2.26. The van der Waals surface area contributed by atoms with E-state index in [2.05, 4.69) is 9.69 Å². The molecule has 2 aliphatic carbocycles. The molecule has 3 unspecified atom stereocenters. The van der Waals surface area contributed by atoms with Gasteiger partial charge in [-0.05, 0) is 56.5 Å². The van der Waals surface area contributed by atoms with Gasteiger partial charge < -0.3 is 10.1 Å². The van der Waals surface area contributed by atoms with E-state index in [-0.39, 0.29) is 5.97 Å². The first-order valence-corrected chi connectivity index (χ1v) is 7.86. The van der Waals surface area contributed by atoms with E-state index in [9.17, 15) is 4.79 Å². The molecule has 0 aliphatic heterocycles. The summed E-state index contributed by atoms with van der Waals surface area (Å²) < 4.78 is 9.42. The van der Waals surface area contributed by atoms with Crippen molar-refractivity contribution in [2.45, 2.75) is 45.6 Å². The lowest BCUT2D eigenvalue weighted by Gasteiger charge is -2.23. The van der Waals surface area contributed by atoms with Crippen LogP contribution in [0.15, 0.2) is 0 Å². The van der Waals surface area contributed by atoms with Crippen LogP contribution in [0.25, 0.3) is 0 Å². The van der Waals surface area contributed by atoms with E-state index in [1.165, 1.54) is 37.2 Å². The van der Waals surface area contributed by atoms with Crippen LogP contribution >= 0.6 is 11.5 Å². The Hall–Kier alpha value is -1.10. The number of aryl methyl sites for hydroxylation is 1. The van der Waals surface area contributed by atoms with Gasteiger partial charge in [0.1, 0.15) is 10.6 Å². The number of aromatic nitrogens is 1. The van der Waals surface area contributed by atoms with Gasteiger partial charge in [0.2, 0.25) is 0 Å². The standard InChI is InChI=1S/C14H20N2O2S/c1-3-18-14(17)12-8(2)16-19-13(12)15-11-7-9-4-5-10(11)6-9/h9-11,15H,3-7H2,1-2H3. The molecular weight excluding hydrogens is 260 g/mol. The third-order valence-corrected chi connectivity index (χ3v) is 5.27. The van der Waals surface area contributed by atoms with Gasteiger partial charge in [0.25, 0.3) is 0 Å². The van der Waals surface area contributed by atoms with Crippen LogP contribution in [0, 0.1) is 18.8 Å². The number of hydrogen-bond donors (Lipinski definition) is 1. The number of fused-ring (bicyclic) bond motifs is 2. The second-order valence-corrected chi connectivity index (χ2v) is 6.39. The van der Waals surface area contributed by atoms with Gasteiger partial charge in [0, 0.05) is 6.04 Å². The average molecular weight is 280 g/mol. The van der Waals surface area contributed by atoms with E-state index in [4.69, 9.17) is 4.74 Å². The van der Waals surface area contributed by atoms with Crippen molar-refractivity contribution in [2.24, 2.45) is 11.8 Å². The summed E-state index contributed by atoms with van der Waals surface area (Å²) in [7, 11) is 0. The number of nitrogens with zero attached hydrogens (tertiary/aromatic N) is 1. The topological polar surface area (TPSA) is 51.2 Å². The molecule has 1 heterocycles. The largest absolute Gasteiger partial charge is 0.462 e. The molecule has 1 aromatic heterocycles. The summed E-state index contributed by atoms with van der Waals surface area (Å²) in [4.78, 5) is 12.0. The molecule has 1 N–H and O–H groups in total. The van der Waals surface area contributed by atoms with Crippen LogP contribution in [-0.4, -0.2) is 23.0 Å². The highest BCUT2D eigenvalue weighted by Crippen LogP contribution is 2.46. The molecule has 2 aliphatic rings. The summed E-state index contributed by atoms with van der Waals surface area (Å²) in [5, 5.41) is 4.45. The minimum absolute atomic E-state index is 0.251. The molecule has 0 saturated heterocycles. The zero-order valence-corrected chi connectivity index (χ0v) is 12.3. The fraction of sp³-hybridized carbons (Fsp3) is 0.714. The zero-order chi connectivity index (χ0) is 13.4. The van der Waals surface area contributed by atoms with Crippen molar-refractivity contribution < 1.29 is 9.53 Å². The molecule has 0 aromatic carbocycles. The highest BCUT2D eigenvalue weighted by Gasteiger charge is 2.40. The molecule has 0 spiro atoms. The molecule has 4 nitrogen and oxygen atoms in total. The number of carbonyl (C=O) groups excluding carboxylic acids is 1. The minimum atomic E-state index is -0.251. The molecular formula is C14H20N2O2S. The first-order chi connectivity index (χ1) is 9.19. The van der Waals surface area contributed by atoms with Crippen LogP contribution in [0.4, 0.5) is 5.00 Å². The van der Waals surface area contributed by atoms with Gasteiger partial charge in [-0.15, -0.1) is 0 Å². The average Bonchev–Trinajstić information content (AvgIpc) is 3.06. The second-order valence-electron chi connectivity index (χ2n) is 5.62. The quantitative estimate of drug-likeness (QED) is 0.860. The van der Waals surface area contributed by atoms with E-state index in [1.807, 2.05) is 13.8 Å². The van der Waals surface area contributed by atoms with Crippen LogP contribution in [0.2, 0.25) is 0 Å². The normalized spacial score (nSPS) is 28.6. The van der Waals surface area contributed by atoms with E-state index in [1.54, 1.807) is 0 Å². The maximum absolute atomic E-state index is 12.0. The van der Waals surface area contributed by atoms with Gasteiger partial charge in [-0.25, -0.2) is 4.79 Å². The Morgan fingerprint density at radius 1 is 1.47 bits per heavy atom. The summed E-state index contributed by atoms with van der Waals surface area (Å²) in [6.07, 6.45) is 5.30. The fourth-order valence-corrected chi connectivity index (χ4v) is 4.35. The fourth-order valence-electron chi connectivity index (χ4n) is 3.50. The third-order valence-electron chi connectivity index (χ3n) is 4.40. The van der Waals surface area contributed by atoms with Crippen molar-refractivity contribution >= 4 is 22.5 Å². The number of nitrogens with one attached hydrogen (secondary N) is 1. The Morgan fingerprint density at radius 3 is 2.95 bits per heavy atom. The molecule has 2 saturated carbocycles. The lowest BCUT2D eigenvalue weighted by atomic mass is 9.95. The summed E-state index contributed by atoms with van der Waals surface area (Å²) in [6, 6.07) is 0.520. The lowest BCUT2D eigenvalue weighted by molar-refractivity contribution is 0.0527. The SMILES string of the molecule is CCOC(=O)c1c(C)nsc1NC1CC2CCC1C2. The Labute approximate surface area is 117 Å². The van der Waals surface area contributed by atoms with Gasteiger partial charge in [-0.2, -0.15) is 4.37 Å². The molecule has 3 atom stereocenters. The maximum Gasteiger partial charge on any atom is 0.343 e. The summed E-state index contributed by atoms with van der Waals surface area (Å²) in [5.74, 6) is 1.42. The number of anilines is 1. The van der Waals surface area contributed by atoms with Crippen LogP contribution in [0.1, 0.15) is 48.7 Å². The molecule has 1 aromatic rings. The number of rotatable bonds is 4. The molecule has 19 heavy (non-hydrogen) atoms. The number of carbonyl (C=O) groups is 1. The van der Waals surface area contributed by atoms with Crippen LogP contribution in [0.3, 0.4) is 0 Å². The monoisotopic (exact) mass is 280 g/mol. The van der Waals surface area contributed by atoms with Crippen LogP contribution in [-0.2, 0) is 4.74 Å². The van der Waals surface area contributed by atoms with Gasteiger partial charge >= 0.3 is 5.97 Å². The molecule has 2 fully saturated rings. The second kappa shape index (κ2) is 5.12. The predicted molar refractivity (Wildman–Crippen MR) is 75.7 cm³/mol. The molecule has 2 bridgehead atoms. The van der Waals surface area contributed by atoms with Gasteiger partial charge in [0.15, 0.2) is 0 Å². The maximum atomic E-state index is 12.0.